The van der Waals surface area contributed by atoms with Gasteiger partial charge in [0.15, 0.2) is 0 Å². The molecule has 2 amide bonds. The third-order valence-electron chi connectivity index (χ3n) is 3.99. The van der Waals surface area contributed by atoms with Crippen molar-refractivity contribution in [1.29, 1.82) is 0 Å². The molecule has 1 saturated heterocycles. The lowest BCUT2D eigenvalue weighted by Crippen LogP contribution is -2.45. The van der Waals surface area contributed by atoms with E-state index >= 15 is 0 Å². The summed E-state index contributed by atoms with van der Waals surface area (Å²) in [5.74, 6) is 0.0527. The number of likely N-dealkylation sites (tertiary alicyclic amines) is 1. The number of hydrogen-bond donors (Lipinski definition) is 2. The van der Waals surface area contributed by atoms with Crippen LogP contribution in [0.4, 0.5) is 16.2 Å². The summed E-state index contributed by atoms with van der Waals surface area (Å²) < 4.78 is 10.6. The highest BCUT2D eigenvalue weighted by atomic mass is 16.6. The molecule has 7 heteroatoms. The van der Waals surface area contributed by atoms with Gasteiger partial charge in [-0.25, -0.2) is 4.79 Å². The molecule has 138 valence electrons. The van der Waals surface area contributed by atoms with E-state index < -0.39 is 5.60 Å². The zero-order valence-electron chi connectivity index (χ0n) is 15.3. The molecule has 1 fully saturated rings. The summed E-state index contributed by atoms with van der Waals surface area (Å²) in [6, 6.07) is 5.22. The standard InChI is InChI=1S/C18H27N3O4/c1-18(2,3)25-17(23)21-10-6-7-12(11-21)16(22)20-13-8-5-9-14(24-4)15(13)19/h5,8-9,12H,6-7,10-11,19H2,1-4H3,(H,20,22). The summed E-state index contributed by atoms with van der Waals surface area (Å²) in [7, 11) is 1.52. The Kier molecular flexibility index (Phi) is 5.77. The van der Waals surface area contributed by atoms with Crippen LogP contribution in [0.15, 0.2) is 18.2 Å². The first-order valence-corrected chi connectivity index (χ1v) is 8.42. The lowest BCUT2D eigenvalue weighted by Gasteiger charge is -2.33. The lowest BCUT2D eigenvalue weighted by atomic mass is 9.97. The third kappa shape index (κ3) is 5.01. The molecule has 1 atom stereocenters. The fourth-order valence-corrected chi connectivity index (χ4v) is 2.75. The van der Waals surface area contributed by atoms with Crippen LogP contribution in [0.5, 0.6) is 5.75 Å². The quantitative estimate of drug-likeness (QED) is 0.818. The number of benzene rings is 1. The monoisotopic (exact) mass is 349 g/mol. The maximum absolute atomic E-state index is 12.6. The Labute approximate surface area is 148 Å². The van der Waals surface area contributed by atoms with Gasteiger partial charge in [0.05, 0.1) is 24.4 Å². The molecular formula is C18H27N3O4. The summed E-state index contributed by atoms with van der Waals surface area (Å²) in [5, 5.41) is 2.84. The maximum Gasteiger partial charge on any atom is 0.410 e. The SMILES string of the molecule is COc1cccc(NC(=O)C2CCCN(C(=O)OC(C)(C)C)C2)c1N. The second-order valence-electron chi connectivity index (χ2n) is 7.18. The van der Waals surface area contributed by atoms with Gasteiger partial charge in [-0.05, 0) is 45.7 Å². The van der Waals surface area contributed by atoms with Crippen LogP contribution in [0.1, 0.15) is 33.6 Å². The normalized spacial score (nSPS) is 17.8. The van der Waals surface area contributed by atoms with E-state index in [2.05, 4.69) is 5.32 Å². The number of nitrogen functional groups attached to an aromatic ring is 1. The number of ether oxygens (including phenoxy) is 2. The minimum Gasteiger partial charge on any atom is -0.495 e. The van der Waals surface area contributed by atoms with Gasteiger partial charge in [-0.15, -0.1) is 0 Å². The molecule has 2 rings (SSSR count). The van der Waals surface area contributed by atoms with Crippen molar-refractivity contribution in [2.24, 2.45) is 5.92 Å². The zero-order valence-corrected chi connectivity index (χ0v) is 15.3. The van der Waals surface area contributed by atoms with Crippen LogP contribution in [-0.2, 0) is 9.53 Å². The molecule has 7 nitrogen and oxygen atoms in total. The molecule has 25 heavy (non-hydrogen) atoms. The third-order valence-corrected chi connectivity index (χ3v) is 3.99. The van der Waals surface area contributed by atoms with Crippen molar-refractivity contribution in [2.45, 2.75) is 39.2 Å². The Morgan fingerprint density at radius 2 is 2.04 bits per heavy atom. The lowest BCUT2D eigenvalue weighted by molar-refractivity contribution is -0.121. The highest BCUT2D eigenvalue weighted by molar-refractivity contribution is 5.96. The fraction of sp³-hybridized carbons (Fsp3) is 0.556. The van der Waals surface area contributed by atoms with Gasteiger partial charge in [0, 0.05) is 13.1 Å². The van der Waals surface area contributed by atoms with Crippen LogP contribution in [0, 0.1) is 5.92 Å². The largest absolute Gasteiger partial charge is 0.495 e. The first-order valence-electron chi connectivity index (χ1n) is 8.42. The zero-order chi connectivity index (χ0) is 18.6. The topological polar surface area (TPSA) is 93.9 Å². The van der Waals surface area contributed by atoms with Crippen molar-refractivity contribution < 1.29 is 19.1 Å². The van der Waals surface area contributed by atoms with E-state index in [9.17, 15) is 9.59 Å². The first-order chi connectivity index (χ1) is 11.7. The molecule has 1 heterocycles. The van der Waals surface area contributed by atoms with Gasteiger partial charge >= 0.3 is 6.09 Å². The van der Waals surface area contributed by atoms with Crippen LogP contribution in [-0.4, -0.2) is 42.7 Å². The predicted octanol–water partition coefficient (Wildman–Crippen LogP) is 2.86. The maximum atomic E-state index is 12.6. The molecule has 1 unspecified atom stereocenters. The second kappa shape index (κ2) is 7.63. The molecule has 1 aliphatic rings. The molecule has 0 saturated carbocycles. The fourth-order valence-electron chi connectivity index (χ4n) is 2.75. The average molecular weight is 349 g/mol. The molecule has 0 bridgehead atoms. The number of nitrogens with one attached hydrogen (secondary N) is 1. The van der Waals surface area contributed by atoms with E-state index in [1.807, 2.05) is 20.8 Å². The van der Waals surface area contributed by atoms with Crippen molar-refractivity contribution in [3.8, 4) is 5.75 Å². The first kappa shape index (κ1) is 18.9. The molecule has 0 spiro atoms. The molecule has 1 aromatic carbocycles. The minimum absolute atomic E-state index is 0.159. The number of nitrogens with zero attached hydrogens (tertiary/aromatic N) is 1. The van der Waals surface area contributed by atoms with Gasteiger partial charge in [-0.1, -0.05) is 6.07 Å². The van der Waals surface area contributed by atoms with Crippen LogP contribution in [0.2, 0.25) is 0 Å². The number of carbonyl (C=O) groups excluding carboxylic acids is 2. The highest BCUT2D eigenvalue weighted by Gasteiger charge is 2.31. The minimum atomic E-state index is -0.554. The summed E-state index contributed by atoms with van der Waals surface area (Å²) in [5.41, 5.74) is 6.34. The molecule has 0 radical (unpaired) electrons. The molecular weight excluding hydrogens is 322 g/mol. The number of piperidine rings is 1. The molecule has 1 aromatic rings. The number of rotatable bonds is 3. The smallest absolute Gasteiger partial charge is 0.410 e. The predicted molar refractivity (Wildman–Crippen MR) is 96.6 cm³/mol. The molecule has 0 aliphatic carbocycles. The van der Waals surface area contributed by atoms with E-state index in [0.29, 0.717) is 30.2 Å². The van der Waals surface area contributed by atoms with Crippen molar-refractivity contribution in [1.82, 2.24) is 4.90 Å². The Morgan fingerprint density at radius 1 is 1.32 bits per heavy atom. The average Bonchev–Trinajstić information content (AvgIpc) is 2.55. The van der Waals surface area contributed by atoms with E-state index in [0.717, 1.165) is 12.8 Å². The number of methoxy groups -OCH3 is 1. The second-order valence-corrected chi connectivity index (χ2v) is 7.18. The van der Waals surface area contributed by atoms with Gasteiger partial charge in [-0.2, -0.15) is 0 Å². The van der Waals surface area contributed by atoms with E-state index in [4.69, 9.17) is 15.2 Å². The number of hydrogen-bond acceptors (Lipinski definition) is 5. The van der Waals surface area contributed by atoms with Crippen LogP contribution in [0.3, 0.4) is 0 Å². The van der Waals surface area contributed by atoms with Gasteiger partial charge in [0.1, 0.15) is 11.4 Å². The summed E-state index contributed by atoms with van der Waals surface area (Å²) in [6.45, 7) is 6.41. The number of carbonyl (C=O) groups is 2. The number of para-hydroxylation sites is 1. The summed E-state index contributed by atoms with van der Waals surface area (Å²) in [4.78, 5) is 26.4. The van der Waals surface area contributed by atoms with Crippen molar-refractivity contribution >= 4 is 23.4 Å². The van der Waals surface area contributed by atoms with Crippen LogP contribution >= 0.6 is 0 Å². The van der Waals surface area contributed by atoms with E-state index in [-0.39, 0.29) is 17.9 Å². The van der Waals surface area contributed by atoms with E-state index in [1.165, 1.54) is 7.11 Å². The van der Waals surface area contributed by atoms with Crippen molar-refractivity contribution in [2.75, 3.05) is 31.2 Å². The Bertz CT molecular complexity index is 640. The van der Waals surface area contributed by atoms with Gasteiger partial charge < -0.3 is 25.4 Å². The number of amides is 2. The van der Waals surface area contributed by atoms with Gasteiger partial charge in [0.25, 0.3) is 0 Å². The van der Waals surface area contributed by atoms with Crippen LogP contribution < -0.4 is 15.8 Å². The Hall–Kier alpha value is -2.44. The Morgan fingerprint density at radius 3 is 2.68 bits per heavy atom. The molecule has 1 aliphatic heterocycles. The Balaban J connectivity index is 2.01. The molecule has 3 N–H and O–H groups in total. The van der Waals surface area contributed by atoms with Gasteiger partial charge in [0.2, 0.25) is 5.91 Å². The number of anilines is 2. The summed E-state index contributed by atoms with van der Waals surface area (Å²) in [6.07, 6.45) is 1.09. The molecule has 0 aromatic heterocycles. The van der Waals surface area contributed by atoms with Gasteiger partial charge in [-0.3, -0.25) is 4.79 Å². The van der Waals surface area contributed by atoms with Crippen molar-refractivity contribution in [3.63, 3.8) is 0 Å². The van der Waals surface area contributed by atoms with Crippen LogP contribution in [0.25, 0.3) is 0 Å². The number of nitrogens with two attached hydrogens (primary N) is 1. The summed E-state index contributed by atoms with van der Waals surface area (Å²) >= 11 is 0. The van der Waals surface area contributed by atoms with Crippen molar-refractivity contribution in [3.05, 3.63) is 18.2 Å². The van der Waals surface area contributed by atoms with E-state index in [1.54, 1.807) is 23.1 Å². The highest BCUT2D eigenvalue weighted by Crippen LogP contribution is 2.30.